The number of nitrogens with one attached hydrogen (secondary N) is 1. The van der Waals surface area contributed by atoms with Crippen molar-refractivity contribution in [3.63, 3.8) is 0 Å². The van der Waals surface area contributed by atoms with Crippen LogP contribution in [0.1, 0.15) is 31.4 Å². The van der Waals surface area contributed by atoms with Crippen molar-refractivity contribution in [2.45, 2.75) is 44.8 Å². The third kappa shape index (κ3) is 3.66. The van der Waals surface area contributed by atoms with Crippen LogP contribution in [0.2, 0.25) is 5.02 Å². The highest BCUT2D eigenvalue weighted by molar-refractivity contribution is 6.30. The Balaban J connectivity index is 2.16. The number of likely N-dealkylation sites (N-methyl/N-ethyl adjacent to an activating group) is 1. The summed E-state index contributed by atoms with van der Waals surface area (Å²) in [6.07, 6.45) is 2.78. The lowest BCUT2D eigenvalue weighted by atomic mass is 9.93. The molecule has 1 atom stereocenters. The third-order valence-electron chi connectivity index (χ3n) is 3.99. The molecule has 0 radical (unpaired) electrons. The number of hydrogen-bond donors (Lipinski definition) is 1. The Labute approximate surface area is 126 Å². The summed E-state index contributed by atoms with van der Waals surface area (Å²) < 4.78 is 11.3. The number of hydrogen-bond acceptors (Lipinski definition) is 3. The lowest BCUT2D eigenvalue weighted by Crippen LogP contribution is -2.37. The van der Waals surface area contributed by atoms with Crippen LogP contribution in [0.4, 0.5) is 0 Å². The number of halogens is 1. The molecular formula is C16H24ClNO2. The maximum Gasteiger partial charge on any atom is 0.125 e. The number of methoxy groups -OCH3 is 1. The Morgan fingerprint density at radius 2 is 2.20 bits per heavy atom. The van der Waals surface area contributed by atoms with E-state index in [1.807, 2.05) is 19.2 Å². The summed E-state index contributed by atoms with van der Waals surface area (Å²) in [6.45, 7) is 4.98. The summed E-state index contributed by atoms with van der Waals surface area (Å²) in [5, 5.41) is 4.17. The van der Waals surface area contributed by atoms with Crippen LogP contribution in [0, 0.1) is 0 Å². The fraction of sp³-hybridized carbons (Fsp3) is 0.625. The van der Waals surface area contributed by atoms with E-state index in [2.05, 4.69) is 19.2 Å². The van der Waals surface area contributed by atoms with Crippen LogP contribution in [0.3, 0.4) is 0 Å². The average molecular weight is 298 g/mol. The minimum Gasteiger partial charge on any atom is -0.493 e. The maximum atomic E-state index is 6.21. The summed E-state index contributed by atoms with van der Waals surface area (Å²) in [6, 6.07) is 4.37. The quantitative estimate of drug-likeness (QED) is 0.874. The Bertz CT molecular complexity index is 474. The molecule has 0 aromatic heterocycles. The molecule has 0 saturated carbocycles. The van der Waals surface area contributed by atoms with Gasteiger partial charge in [-0.1, -0.05) is 11.6 Å². The minimum atomic E-state index is -0.143. The van der Waals surface area contributed by atoms with Gasteiger partial charge < -0.3 is 14.8 Å². The van der Waals surface area contributed by atoms with Gasteiger partial charge in [0.2, 0.25) is 0 Å². The molecule has 4 heteroatoms. The van der Waals surface area contributed by atoms with E-state index < -0.39 is 0 Å². The number of rotatable bonds is 6. The Kier molecular flexibility index (Phi) is 4.95. The third-order valence-corrected chi connectivity index (χ3v) is 4.21. The maximum absolute atomic E-state index is 6.21. The molecule has 1 aliphatic rings. The van der Waals surface area contributed by atoms with Crippen molar-refractivity contribution in [3.05, 3.63) is 28.3 Å². The molecule has 1 unspecified atom stereocenters. The summed E-state index contributed by atoms with van der Waals surface area (Å²) in [5.41, 5.74) is 2.28. The van der Waals surface area contributed by atoms with E-state index in [9.17, 15) is 0 Å². The summed E-state index contributed by atoms with van der Waals surface area (Å²) in [4.78, 5) is 0. The van der Waals surface area contributed by atoms with E-state index in [0.29, 0.717) is 6.04 Å². The Hall–Kier alpha value is -0.770. The smallest absolute Gasteiger partial charge is 0.125 e. The average Bonchev–Trinajstić information content (AvgIpc) is 2.85. The highest BCUT2D eigenvalue weighted by Gasteiger charge is 2.25. The monoisotopic (exact) mass is 297 g/mol. The second-order valence-electron chi connectivity index (χ2n) is 6.01. The standard InChI is InChI=1S/C16H24ClNO2/c1-16(2,19-4)10-14(18-3)9-12-8-13(17)7-11-5-6-20-15(11)12/h7-8,14,18H,5-6,9-10H2,1-4H3. The van der Waals surface area contributed by atoms with Crippen LogP contribution in [-0.4, -0.2) is 32.4 Å². The van der Waals surface area contributed by atoms with Gasteiger partial charge in [0.05, 0.1) is 12.2 Å². The molecule has 1 N–H and O–H groups in total. The number of ether oxygens (including phenoxy) is 2. The lowest BCUT2D eigenvalue weighted by molar-refractivity contribution is 0.00768. The van der Waals surface area contributed by atoms with Gasteiger partial charge in [0.25, 0.3) is 0 Å². The molecule has 2 rings (SSSR count). The number of benzene rings is 1. The van der Waals surface area contributed by atoms with Crippen LogP contribution in [0.15, 0.2) is 12.1 Å². The van der Waals surface area contributed by atoms with E-state index in [1.165, 1.54) is 11.1 Å². The van der Waals surface area contributed by atoms with Crippen molar-refractivity contribution in [3.8, 4) is 5.75 Å². The largest absolute Gasteiger partial charge is 0.493 e. The molecule has 1 aliphatic heterocycles. The molecular weight excluding hydrogens is 274 g/mol. The first kappa shape index (κ1) is 15.6. The first-order chi connectivity index (χ1) is 9.45. The van der Waals surface area contributed by atoms with Gasteiger partial charge in [0, 0.05) is 24.6 Å². The zero-order chi connectivity index (χ0) is 14.8. The van der Waals surface area contributed by atoms with Crippen molar-refractivity contribution >= 4 is 11.6 Å². The lowest BCUT2D eigenvalue weighted by Gasteiger charge is -2.28. The van der Waals surface area contributed by atoms with Crippen LogP contribution in [0.25, 0.3) is 0 Å². The molecule has 0 bridgehead atoms. The molecule has 1 aromatic carbocycles. The topological polar surface area (TPSA) is 30.5 Å². The molecule has 0 fully saturated rings. The molecule has 1 aromatic rings. The predicted octanol–water partition coefficient (Wildman–Crippen LogP) is 3.22. The molecule has 0 saturated heterocycles. The van der Waals surface area contributed by atoms with Crippen molar-refractivity contribution in [1.82, 2.24) is 5.32 Å². The summed E-state index contributed by atoms with van der Waals surface area (Å²) >= 11 is 6.21. The van der Waals surface area contributed by atoms with E-state index in [4.69, 9.17) is 21.1 Å². The van der Waals surface area contributed by atoms with E-state index >= 15 is 0 Å². The molecule has 20 heavy (non-hydrogen) atoms. The molecule has 3 nitrogen and oxygen atoms in total. The van der Waals surface area contributed by atoms with Gasteiger partial charge in [-0.3, -0.25) is 0 Å². The predicted molar refractivity (Wildman–Crippen MR) is 82.9 cm³/mol. The van der Waals surface area contributed by atoms with Gasteiger partial charge in [-0.2, -0.15) is 0 Å². The zero-order valence-corrected chi connectivity index (χ0v) is 13.5. The molecule has 0 spiro atoms. The molecule has 0 amide bonds. The highest BCUT2D eigenvalue weighted by atomic mass is 35.5. The van der Waals surface area contributed by atoms with Crippen molar-refractivity contribution in [2.75, 3.05) is 20.8 Å². The van der Waals surface area contributed by atoms with Crippen LogP contribution >= 0.6 is 11.6 Å². The normalized spacial score (nSPS) is 15.8. The summed E-state index contributed by atoms with van der Waals surface area (Å²) in [7, 11) is 3.74. The second kappa shape index (κ2) is 6.33. The Morgan fingerprint density at radius 1 is 1.45 bits per heavy atom. The van der Waals surface area contributed by atoms with Gasteiger partial charge >= 0.3 is 0 Å². The van der Waals surface area contributed by atoms with Crippen LogP contribution in [0.5, 0.6) is 5.75 Å². The van der Waals surface area contributed by atoms with Crippen LogP contribution < -0.4 is 10.1 Å². The molecule has 1 heterocycles. The first-order valence-electron chi connectivity index (χ1n) is 7.11. The van der Waals surface area contributed by atoms with Gasteiger partial charge in [-0.15, -0.1) is 0 Å². The van der Waals surface area contributed by atoms with Crippen LogP contribution in [-0.2, 0) is 17.6 Å². The minimum absolute atomic E-state index is 0.143. The van der Waals surface area contributed by atoms with Crippen molar-refractivity contribution in [1.29, 1.82) is 0 Å². The highest BCUT2D eigenvalue weighted by Crippen LogP contribution is 2.34. The van der Waals surface area contributed by atoms with E-state index in [-0.39, 0.29) is 5.60 Å². The molecule has 0 aliphatic carbocycles. The Morgan fingerprint density at radius 3 is 2.85 bits per heavy atom. The van der Waals surface area contributed by atoms with Crippen molar-refractivity contribution in [2.24, 2.45) is 0 Å². The van der Waals surface area contributed by atoms with E-state index in [1.54, 1.807) is 7.11 Å². The molecule has 112 valence electrons. The summed E-state index contributed by atoms with van der Waals surface area (Å²) in [5.74, 6) is 1.03. The first-order valence-corrected chi connectivity index (χ1v) is 7.49. The zero-order valence-electron chi connectivity index (χ0n) is 12.8. The van der Waals surface area contributed by atoms with Gasteiger partial charge in [0.15, 0.2) is 0 Å². The second-order valence-corrected chi connectivity index (χ2v) is 6.45. The number of fused-ring (bicyclic) bond motifs is 1. The fourth-order valence-corrected chi connectivity index (χ4v) is 2.98. The van der Waals surface area contributed by atoms with Crippen molar-refractivity contribution < 1.29 is 9.47 Å². The van der Waals surface area contributed by atoms with E-state index in [0.717, 1.165) is 36.6 Å². The SMILES string of the molecule is CNC(Cc1cc(Cl)cc2c1OCC2)CC(C)(C)OC. The fourth-order valence-electron chi connectivity index (χ4n) is 2.72. The van der Waals surface area contributed by atoms with Gasteiger partial charge in [-0.05, 0) is 57.0 Å². The van der Waals surface area contributed by atoms with Gasteiger partial charge in [0.1, 0.15) is 5.75 Å². The van der Waals surface area contributed by atoms with Gasteiger partial charge in [-0.25, -0.2) is 0 Å².